The van der Waals surface area contributed by atoms with Gasteiger partial charge >= 0.3 is 0 Å². The molecule has 0 spiro atoms. The summed E-state index contributed by atoms with van der Waals surface area (Å²) in [5, 5.41) is 0. The van der Waals surface area contributed by atoms with Gasteiger partial charge < -0.3 is 10.5 Å². The fraction of sp³-hybridized carbons (Fsp3) is 0.625. The summed E-state index contributed by atoms with van der Waals surface area (Å²) in [5.74, 6) is 0. The predicted molar refractivity (Wildman–Crippen MR) is 86.8 cm³/mol. The minimum Gasteiger partial charge on any atom is -0.373 e. The first-order valence-electron chi connectivity index (χ1n) is 7.32. The van der Waals surface area contributed by atoms with Crippen LogP contribution in [-0.4, -0.2) is 36.2 Å². The molecule has 1 aliphatic heterocycles. The molecule has 0 amide bonds. The largest absolute Gasteiger partial charge is 0.373 e. The van der Waals surface area contributed by atoms with Gasteiger partial charge in [0.05, 0.1) is 18.2 Å². The molecule has 0 aromatic heterocycles. The van der Waals surface area contributed by atoms with Crippen molar-refractivity contribution >= 4 is 15.9 Å². The molecule has 1 fully saturated rings. The van der Waals surface area contributed by atoms with Crippen molar-refractivity contribution in [3.05, 3.63) is 34.3 Å². The summed E-state index contributed by atoms with van der Waals surface area (Å²) in [6, 6.07) is 8.76. The third-order valence-corrected chi connectivity index (χ3v) is 4.67. The van der Waals surface area contributed by atoms with E-state index in [1.165, 1.54) is 5.56 Å². The van der Waals surface area contributed by atoms with Gasteiger partial charge in [-0.15, -0.1) is 0 Å². The Morgan fingerprint density at radius 1 is 1.40 bits per heavy atom. The van der Waals surface area contributed by atoms with E-state index >= 15 is 0 Å². The van der Waals surface area contributed by atoms with Crippen LogP contribution < -0.4 is 5.73 Å². The van der Waals surface area contributed by atoms with E-state index in [2.05, 4.69) is 59.8 Å². The average Bonchev–Trinajstić information content (AvgIpc) is 2.40. The van der Waals surface area contributed by atoms with Gasteiger partial charge in [-0.05, 0) is 31.9 Å². The third kappa shape index (κ3) is 3.61. The van der Waals surface area contributed by atoms with Crippen LogP contribution in [0.5, 0.6) is 0 Å². The third-order valence-electron chi connectivity index (χ3n) is 3.95. The number of nitrogens with two attached hydrogens (primary N) is 1. The van der Waals surface area contributed by atoms with Gasteiger partial charge in [0.2, 0.25) is 0 Å². The van der Waals surface area contributed by atoms with Gasteiger partial charge in [-0.1, -0.05) is 41.1 Å². The molecule has 0 radical (unpaired) electrons. The zero-order valence-corrected chi connectivity index (χ0v) is 14.2. The van der Waals surface area contributed by atoms with Crippen LogP contribution in [0.4, 0.5) is 0 Å². The average molecular weight is 341 g/mol. The number of benzene rings is 1. The van der Waals surface area contributed by atoms with Crippen molar-refractivity contribution in [3.8, 4) is 0 Å². The quantitative estimate of drug-likeness (QED) is 0.913. The Kier molecular flexibility index (Phi) is 5.24. The number of hydrogen-bond acceptors (Lipinski definition) is 3. The fourth-order valence-electron chi connectivity index (χ4n) is 2.93. The molecule has 2 rings (SSSR count). The molecule has 2 atom stereocenters. The van der Waals surface area contributed by atoms with Crippen molar-refractivity contribution in [2.45, 2.75) is 44.9 Å². The van der Waals surface area contributed by atoms with Gasteiger partial charge in [0.15, 0.2) is 0 Å². The highest BCUT2D eigenvalue weighted by Gasteiger charge is 2.34. The van der Waals surface area contributed by atoms with Crippen LogP contribution in [0.15, 0.2) is 28.7 Å². The molecule has 2 unspecified atom stereocenters. The second-order valence-electron chi connectivity index (χ2n) is 6.12. The number of nitrogens with zero attached hydrogens (tertiary/aromatic N) is 1. The molecular weight excluding hydrogens is 316 g/mol. The van der Waals surface area contributed by atoms with Gasteiger partial charge in [0.1, 0.15) is 0 Å². The molecule has 0 saturated carbocycles. The molecule has 2 N–H and O–H groups in total. The Hall–Kier alpha value is -0.420. The first kappa shape index (κ1) is 16.0. The number of ether oxygens (including phenoxy) is 1. The van der Waals surface area contributed by atoms with Crippen LogP contribution in [0, 0.1) is 0 Å². The second kappa shape index (κ2) is 6.56. The van der Waals surface area contributed by atoms with E-state index in [1.807, 2.05) is 6.07 Å². The van der Waals surface area contributed by atoms with Crippen molar-refractivity contribution in [2.75, 3.05) is 19.7 Å². The number of halogens is 1. The highest BCUT2D eigenvalue weighted by Crippen LogP contribution is 2.33. The molecule has 0 bridgehead atoms. The Morgan fingerprint density at radius 2 is 2.10 bits per heavy atom. The molecule has 112 valence electrons. The fourth-order valence-corrected chi connectivity index (χ4v) is 3.45. The molecule has 1 heterocycles. The molecule has 20 heavy (non-hydrogen) atoms. The first-order chi connectivity index (χ1) is 9.44. The van der Waals surface area contributed by atoms with Gasteiger partial charge in [-0.2, -0.15) is 0 Å². The van der Waals surface area contributed by atoms with Crippen molar-refractivity contribution in [1.82, 2.24) is 4.90 Å². The van der Waals surface area contributed by atoms with Crippen LogP contribution >= 0.6 is 15.9 Å². The predicted octanol–water partition coefficient (Wildman–Crippen LogP) is 3.34. The first-order valence-corrected chi connectivity index (χ1v) is 8.12. The van der Waals surface area contributed by atoms with E-state index in [0.29, 0.717) is 0 Å². The van der Waals surface area contributed by atoms with E-state index in [1.54, 1.807) is 0 Å². The minimum absolute atomic E-state index is 0.106. The summed E-state index contributed by atoms with van der Waals surface area (Å²) in [6.45, 7) is 9.06. The summed E-state index contributed by atoms with van der Waals surface area (Å²) >= 11 is 3.68. The van der Waals surface area contributed by atoms with Crippen LogP contribution in [0.1, 0.15) is 38.8 Å². The van der Waals surface area contributed by atoms with Crippen molar-refractivity contribution in [1.29, 1.82) is 0 Å². The number of morpholine rings is 1. The Balaban J connectivity index is 2.31. The van der Waals surface area contributed by atoms with Gasteiger partial charge in [0, 0.05) is 23.6 Å². The zero-order valence-electron chi connectivity index (χ0n) is 12.6. The van der Waals surface area contributed by atoms with Crippen molar-refractivity contribution in [2.24, 2.45) is 5.73 Å². The second-order valence-corrected chi connectivity index (χ2v) is 6.97. The van der Waals surface area contributed by atoms with Gasteiger partial charge in [-0.25, -0.2) is 0 Å². The zero-order chi connectivity index (χ0) is 14.8. The smallest absolute Gasteiger partial charge is 0.0753 e. The lowest BCUT2D eigenvalue weighted by atomic mass is 9.94. The number of hydrogen-bond donors (Lipinski definition) is 1. The molecule has 1 aromatic carbocycles. The Morgan fingerprint density at radius 3 is 2.70 bits per heavy atom. The highest BCUT2D eigenvalue weighted by atomic mass is 79.9. The molecular formula is C16H25BrN2O. The van der Waals surface area contributed by atoms with Crippen LogP contribution in [-0.2, 0) is 4.74 Å². The van der Waals surface area contributed by atoms with E-state index in [9.17, 15) is 0 Å². The molecule has 1 aromatic rings. The summed E-state index contributed by atoms with van der Waals surface area (Å²) < 4.78 is 6.97. The van der Waals surface area contributed by atoms with Crippen LogP contribution in [0.25, 0.3) is 0 Å². The Bertz CT molecular complexity index is 450. The monoisotopic (exact) mass is 340 g/mol. The van der Waals surface area contributed by atoms with Crippen LogP contribution in [0.3, 0.4) is 0 Å². The Labute approximate surface area is 130 Å². The summed E-state index contributed by atoms with van der Waals surface area (Å²) in [5.41, 5.74) is 7.61. The van der Waals surface area contributed by atoms with E-state index < -0.39 is 0 Å². The normalized spacial score (nSPS) is 22.4. The maximum atomic E-state index is 6.43. The van der Waals surface area contributed by atoms with Gasteiger partial charge in [0.25, 0.3) is 0 Å². The lowest BCUT2D eigenvalue weighted by molar-refractivity contribution is -0.100. The highest BCUT2D eigenvalue weighted by molar-refractivity contribution is 9.10. The van der Waals surface area contributed by atoms with Gasteiger partial charge in [-0.3, -0.25) is 4.90 Å². The summed E-state index contributed by atoms with van der Waals surface area (Å²) in [4.78, 5) is 2.47. The maximum Gasteiger partial charge on any atom is 0.0753 e. The van der Waals surface area contributed by atoms with Crippen molar-refractivity contribution < 1.29 is 4.74 Å². The van der Waals surface area contributed by atoms with Crippen molar-refractivity contribution in [3.63, 3.8) is 0 Å². The lowest BCUT2D eigenvalue weighted by Crippen LogP contribution is -2.53. The molecule has 0 aliphatic carbocycles. The van der Waals surface area contributed by atoms with E-state index in [0.717, 1.165) is 30.6 Å². The minimum atomic E-state index is -0.106. The van der Waals surface area contributed by atoms with E-state index in [4.69, 9.17) is 10.5 Å². The molecule has 3 nitrogen and oxygen atoms in total. The van der Waals surface area contributed by atoms with E-state index in [-0.39, 0.29) is 17.7 Å². The van der Waals surface area contributed by atoms with Crippen LogP contribution in [0.2, 0.25) is 0 Å². The topological polar surface area (TPSA) is 38.5 Å². The number of rotatable bonds is 4. The summed E-state index contributed by atoms with van der Waals surface area (Å²) in [6.07, 6.45) is 0.962. The molecule has 4 heteroatoms. The molecule has 1 saturated heterocycles. The SMILES string of the molecule is CCC(N)C(c1ccccc1Br)N1CCOC(C)(C)C1. The summed E-state index contributed by atoms with van der Waals surface area (Å²) in [7, 11) is 0. The maximum absolute atomic E-state index is 6.43. The molecule has 1 aliphatic rings. The standard InChI is InChI=1S/C16H25BrN2O/c1-4-14(18)15(12-7-5-6-8-13(12)17)19-9-10-20-16(2,3)11-19/h5-8,14-15H,4,9-11,18H2,1-3H3. The lowest BCUT2D eigenvalue weighted by Gasteiger charge is -2.44.